The number of imidazole rings is 1. The molecule has 0 aromatic carbocycles. The number of aromatic nitrogens is 2. The third kappa shape index (κ3) is 2.79. The third-order valence-corrected chi connectivity index (χ3v) is 2.46. The van der Waals surface area contributed by atoms with Crippen LogP contribution in [-0.4, -0.2) is 28.7 Å². The van der Waals surface area contributed by atoms with E-state index in [1.54, 1.807) is 17.0 Å². The molecule has 1 fully saturated rings. The Morgan fingerprint density at radius 3 is 3.20 bits per heavy atom. The van der Waals surface area contributed by atoms with Gasteiger partial charge in [0.1, 0.15) is 12.4 Å². The van der Waals surface area contributed by atoms with Gasteiger partial charge in [-0.25, -0.2) is 4.98 Å². The lowest BCUT2D eigenvalue weighted by molar-refractivity contribution is -0.141. The summed E-state index contributed by atoms with van der Waals surface area (Å²) in [5, 5.41) is 3.36. The summed E-state index contributed by atoms with van der Waals surface area (Å²) < 4.78 is 6.42. The SMILES string of the molecule is COC(=O)Cn1ccnc1CNC1CC1. The Kier molecular flexibility index (Phi) is 3.01. The van der Waals surface area contributed by atoms with Crippen molar-refractivity contribution < 1.29 is 9.53 Å². The van der Waals surface area contributed by atoms with Crippen LogP contribution in [0.1, 0.15) is 18.7 Å². The molecule has 82 valence electrons. The number of hydrogen-bond donors (Lipinski definition) is 1. The quantitative estimate of drug-likeness (QED) is 0.709. The zero-order valence-corrected chi connectivity index (χ0v) is 8.77. The Balaban J connectivity index is 1.91. The monoisotopic (exact) mass is 209 g/mol. The molecule has 0 atom stereocenters. The van der Waals surface area contributed by atoms with Crippen molar-refractivity contribution in [2.45, 2.75) is 32.0 Å². The molecule has 1 aliphatic carbocycles. The van der Waals surface area contributed by atoms with Gasteiger partial charge in [-0.1, -0.05) is 0 Å². The lowest BCUT2D eigenvalue weighted by atomic mass is 10.5. The van der Waals surface area contributed by atoms with Crippen molar-refractivity contribution in [3.63, 3.8) is 0 Å². The average molecular weight is 209 g/mol. The maximum Gasteiger partial charge on any atom is 0.325 e. The largest absolute Gasteiger partial charge is 0.468 e. The van der Waals surface area contributed by atoms with Gasteiger partial charge in [-0.15, -0.1) is 0 Å². The number of esters is 1. The van der Waals surface area contributed by atoms with Gasteiger partial charge >= 0.3 is 5.97 Å². The Morgan fingerprint density at radius 1 is 1.73 bits per heavy atom. The number of carbonyl (C=O) groups excluding carboxylic acids is 1. The van der Waals surface area contributed by atoms with E-state index in [0.717, 1.165) is 5.82 Å². The molecule has 0 unspecified atom stereocenters. The van der Waals surface area contributed by atoms with E-state index in [9.17, 15) is 4.79 Å². The number of ether oxygens (including phenoxy) is 1. The van der Waals surface area contributed by atoms with Crippen LogP contribution < -0.4 is 5.32 Å². The van der Waals surface area contributed by atoms with Gasteiger partial charge in [0.2, 0.25) is 0 Å². The van der Waals surface area contributed by atoms with Gasteiger partial charge in [0.25, 0.3) is 0 Å². The van der Waals surface area contributed by atoms with Gasteiger partial charge in [0.15, 0.2) is 0 Å². The van der Waals surface area contributed by atoms with E-state index in [1.165, 1.54) is 20.0 Å². The molecule has 5 nitrogen and oxygen atoms in total. The van der Waals surface area contributed by atoms with Gasteiger partial charge in [-0.05, 0) is 12.8 Å². The molecule has 1 aromatic rings. The van der Waals surface area contributed by atoms with Crippen LogP contribution in [0, 0.1) is 0 Å². The first-order valence-corrected chi connectivity index (χ1v) is 5.10. The van der Waals surface area contributed by atoms with Crippen molar-refractivity contribution in [1.29, 1.82) is 0 Å². The fraction of sp³-hybridized carbons (Fsp3) is 0.600. The summed E-state index contributed by atoms with van der Waals surface area (Å²) in [5.74, 6) is 0.632. The van der Waals surface area contributed by atoms with Gasteiger partial charge in [-0.3, -0.25) is 4.79 Å². The number of rotatable bonds is 5. The van der Waals surface area contributed by atoms with E-state index in [2.05, 4.69) is 15.0 Å². The molecule has 2 rings (SSSR count). The van der Waals surface area contributed by atoms with Crippen LogP contribution in [0.5, 0.6) is 0 Å². The number of methoxy groups -OCH3 is 1. The molecule has 1 aliphatic rings. The molecule has 1 N–H and O–H groups in total. The lowest BCUT2D eigenvalue weighted by Gasteiger charge is -2.06. The zero-order chi connectivity index (χ0) is 10.7. The highest BCUT2D eigenvalue weighted by Crippen LogP contribution is 2.18. The summed E-state index contributed by atoms with van der Waals surface area (Å²) in [4.78, 5) is 15.3. The summed E-state index contributed by atoms with van der Waals surface area (Å²) in [6.45, 7) is 0.951. The molecule has 1 aromatic heterocycles. The molecule has 0 amide bonds. The molecule has 1 saturated carbocycles. The highest BCUT2D eigenvalue weighted by molar-refractivity contribution is 5.69. The second-order valence-corrected chi connectivity index (χ2v) is 3.70. The topological polar surface area (TPSA) is 56.2 Å². The summed E-state index contributed by atoms with van der Waals surface area (Å²) in [7, 11) is 1.39. The standard InChI is InChI=1S/C10H15N3O2/c1-15-10(14)7-13-5-4-11-9(13)6-12-8-2-3-8/h4-5,8,12H,2-3,6-7H2,1H3. The Bertz CT molecular complexity index is 344. The summed E-state index contributed by atoms with van der Waals surface area (Å²) in [6, 6.07) is 0.647. The van der Waals surface area contributed by atoms with Gasteiger partial charge in [0.05, 0.1) is 13.7 Å². The molecule has 0 saturated heterocycles. The molecular formula is C10H15N3O2. The maximum absolute atomic E-state index is 11.1. The number of carbonyl (C=O) groups is 1. The molecule has 0 aliphatic heterocycles. The van der Waals surface area contributed by atoms with E-state index in [-0.39, 0.29) is 12.5 Å². The van der Waals surface area contributed by atoms with E-state index in [1.807, 2.05) is 0 Å². The summed E-state index contributed by atoms with van der Waals surface area (Å²) in [5.41, 5.74) is 0. The highest BCUT2D eigenvalue weighted by atomic mass is 16.5. The van der Waals surface area contributed by atoms with Crippen molar-refractivity contribution in [2.75, 3.05) is 7.11 Å². The number of nitrogens with zero attached hydrogens (tertiary/aromatic N) is 2. The van der Waals surface area contributed by atoms with Crippen LogP contribution in [0.4, 0.5) is 0 Å². The van der Waals surface area contributed by atoms with Crippen molar-refractivity contribution in [2.24, 2.45) is 0 Å². The summed E-state index contributed by atoms with van der Waals surface area (Å²) in [6.07, 6.45) is 5.99. The van der Waals surface area contributed by atoms with Crippen LogP contribution in [0.3, 0.4) is 0 Å². The van der Waals surface area contributed by atoms with Gasteiger partial charge < -0.3 is 14.6 Å². The highest BCUT2D eigenvalue weighted by Gasteiger charge is 2.20. The minimum atomic E-state index is -0.249. The average Bonchev–Trinajstić information content (AvgIpc) is 2.97. The van der Waals surface area contributed by atoms with Crippen LogP contribution >= 0.6 is 0 Å². The minimum Gasteiger partial charge on any atom is -0.468 e. The summed E-state index contributed by atoms with van der Waals surface area (Å²) >= 11 is 0. The Labute approximate surface area is 88.4 Å². The van der Waals surface area contributed by atoms with Gasteiger partial charge in [0, 0.05) is 18.4 Å². The third-order valence-electron chi connectivity index (χ3n) is 2.46. The van der Waals surface area contributed by atoms with Crippen LogP contribution in [0.15, 0.2) is 12.4 Å². The first kappa shape index (κ1) is 10.2. The molecule has 15 heavy (non-hydrogen) atoms. The first-order chi connectivity index (χ1) is 7.29. The normalized spacial score (nSPS) is 15.3. The van der Waals surface area contributed by atoms with Crippen molar-refractivity contribution in [3.05, 3.63) is 18.2 Å². The predicted octanol–water partition coefficient (Wildman–Crippen LogP) is 0.308. The van der Waals surface area contributed by atoms with Crippen LogP contribution in [0.25, 0.3) is 0 Å². The van der Waals surface area contributed by atoms with Crippen molar-refractivity contribution >= 4 is 5.97 Å². The van der Waals surface area contributed by atoms with Crippen LogP contribution in [0.2, 0.25) is 0 Å². The maximum atomic E-state index is 11.1. The van der Waals surface area contributed by atoms with Gasteiger partial charge in [-0.2, -0.15) is 0 Å². The Hall–Kier alpha value is -1.36. The second-order valence-electron chi connectivity index (χ2n) is 3.70. The minimum absolute atomic E-state index is 0.234. The molecule has 0 bridgehead atoms. The van der Waals surface area contributed by atoms with Crippen LogP contribution in [-0.2, 0) is 22.6 Å². The van der Waals surface area contributed by atoms with E-state index in [0.29, 0.717) is 12.6 Å². The van der Waals surface area contributed by atoms with E-state index < -0.39 is 0 Å². The van der Waals surface area contributed by atoms with Crippen molar-refractivity contribution in [3.8, 4) is 0 Å². The fourth-order valence-electron chi connectivity index (χ4n) is 1.38. The molecule has 0 radical (unpaired) electrons. The van der Waals surface area contributed by atoms with Crippen molar-refractivity contribution in [1.82, 2.24) is 14.9 Å². The Morgan fingerprint density at radius 2 is 2.53 bits per heavy atom. The number of nitrogens with one attached hydrogen (secondary N) is 1. The molecule has 5 heteroatoms. The first-order valence-electron chi connectivity index (χ1n) is 5.10. The lowest BCUT2D eigenvalue weighted by Crippen LogP contribution is -2.21. The molecular weight excluding hydrogens is 194 g/mol. The smallest absolute Gasteiger partial charge is 0.325 e. The molecule has 0 spiro atoms. The van der Waals surface area contributed by atoms with E-state index >= 15 is 0 Å². The zero-order valence-electron chi connectivity index (χ0n) is 8.77. The van der Waals surface area contributed by atoms with E-state index in [4.69, 9.17) is 0 Å². The molecule has 1 heterocycles. The fourth-order valence-corrected chi connectivity index (χ4v) is 1.38. The predicted molar refractivity (Wildman–Crippen MR) is 54.1 cm³/mol. The number of hydrogen-bond acceptors (Lipinski definition) is 4. The second kappa shape index (κ2) is 4.44.